The zero-order valence-electron chi connectivity index (χ0n) is 16.5. The number of hydrogen-bond acceptors (Lipinski definition) is 4. The van der Waals surface area contributed by atoms with Gasteiger partial charge in [0, 0.05) is 44.9 Å². The number of guanidine groups is 1. The molecule has 2 aliphatic heterocycles. The van der Waals surface area contributed by atoms with Crippen molar-refractivity contribution in [1.82, 2.24) is 15.1 Å². The molecule has 1 aromatic heterocycles. The van der Waals surface area contributed by atoms with Crippen LogP contribution in [0.3, 0.4) is 0 Å². The van der Waals surface area contributed by atoms with Crippen LogP contribution in [0.1, 0.15) is 36.8 Å². The van der Waals surface area contributed by atoms with Gasteiger partial charge in [0.05, 0.1) is 6.54 Å². The number of halogens is 1. The summed E-state index contributed by atoms with van der Waals surface area (Å²) in [6.07, 6.45) is 1.61. The van der Waals surface area contributed by atoms with Gasteiger partial charge in [-0.05, 0) is 39.7 Å². The molecular weight excluding hydrogens is 459 g/mol. The van der Waals surface area contributed by atoms with Crippen LogP contribution in [-0.2, 0) is 16.1 Å². The summed E-state index contributed by atoms with van der Waals surface area (Å²) >= 11 is 0. The molecule has 0 aromatic carbocycles. The third-order valence-corrected chi connectivity index (χ3v) is 4.97. The summed E-state index contributed by atoms with van der Waals surface area (Å²) in [5.41, 5.74) is 1.12. The molecule has 2 saturated heterocycles. The second kappa shape index (κ2) is 10.3. The van der Waals surface area contributed by atoms with Gasteiger partial charge in [0.1, 0.15) is 17.6 Å². The molecular formula is C19H31IN4O3. The highest BCUT2D eigenvalue weighted by Gasteiger charge is 2.30. The fraction of sp³-hybridized carbons (Fsp3) is 0.684. The maximum absolute atomic E-state index is 12.5. The van der Waals surface area contributed by atoms with E-state index in [-0.39, 0.29) is 36.0 Å². The van der Waals surface area contributed by atoms with Gasteiger partial charge >= 0.3 is 0 Å². The van der Waals surface area contributed by atoms with Gasteiger partial charge in [-0.25, -0.2) is 4.99 Å². The normalized spacial score (nSPS) is 20.6. The Bertz CT molecular complexity index is 647. The summed E-state index contributed by atoms with van der Waals surface area (Å²) in [6, 6.07) is 2.04. The summed E-state index contributed by atoms with van der Waals surface area (Å²) in [5, 5.41) is 3.37. The number of nitrogens with one attached hydrogen (secondary N) is 1. The number of piperazine rings is 1. The minimum Gasteiger partial charge on any atom is -0.466 e. The van der Waals surface area contributed by atoms with E-state index in [1.807, 2.05) is 24.8 Å². The van der Waals surface area contributed by atoms with Crippen LogP contribution in [0.4, 0.5) is 0 Å². The van der Waals surface area contributed by atoms with E-state index in [1.165, 1.54) is 0 Å². The zero-order chi connectivity index (χ0) is 18.5. The summed E-state index contributed by atoms with van der Waals surface area (Å²) in [7, 11) is 0. The first-order valence-electron chi connectivity index (χ1n) is 9.58. The van der Waals surface area contributed by atoms with Gasteiger partial charge in [0.15, 0.2) is 5.96 Å². The highest BCUT2D eigenvalue weighted by atomic mass is 127. The van der Waals surface area contributed by atoms with Crippen molar-refractivity contribution in [2.24, 2.45) is 4.99 Å². The van der Waals surface area contributed by atoms with Gasteiger partial charge in [-0.2, -0.15) is 0 Å². The zero-order valence-corrected chi connectivity index (χ0v) is 18.8. The monoisotopic (exact) mass is 490 g/mol. The summed E-state index contributed by atoms with van der Waals surface area (Å²) in [6.45, 7) is 11.1. The summed E-state index contributed by atoms with van der Waals surface area (Å²) in [4.78, 5) is 21.4. The lowest BCUT2D eigenvalue weighted by Crippen LogP contribution is -2.55. The van der Waals surface area contributed by atoms with Crippen LogP contribution in [0.5, 0.6) is 0 Å². The molecule has 3 rings (SSSR count). The van der Waals surface area contributed by atoms with Gasteiger partial charge in [-0.3, -0.25) is 4.79 Å². The quantitative estimate of drug-likeness (QED) is 0.399. The average Bonchev–Trinajstić information content (AvgIpc) is 3.28. The largest absolute Gasteiger partial charge is 0.466 e. The van der Waals surface area contributed by atoms with Crippen LogP contribution < -0.4 is 5.32 Å². The number of nitrogens with zero attached hydrogens (tertiary/aromatic N) is 3. The van der Waals surface area contributed by atoms with E-state index in [4.69, 9.17) is 14.1 Å². The molecule has 1 amide bonds. The topological polar surface area (TPSA) is 70.3 Å². The Morgan fingerprint density at radius 3 is 2.52 bits per heavy atom. The van der Waals surface area contributed by atoms with Crippen LogP contribution in [-0.4, -0.2) is 67.1 Å². The number of carbonyl (C=O) groups excluding carboxylic acids is 1. The molecule has 2 aliphatic rings. The average molecular weight is 490 g/mol. The van der Waals surface area contributed by atoms with Crippen molar-refractivity contribution in [1.29, 1.82) is 0 Å². The standard InChI is InChI=1S/C19H30N4O3.HI/c1-4-20-19(21-13-16-12-14(2)26-15(16)3)23-9-7-22(8-10-23)18(24)17-6-5-11-25-17;/h12,17H,4-11,13H2,1-3H3,(H,20,21);1H. The fourth-order valence-electron chi connectivity index (χ4n) is 3.54. The Labute approximate surface area is 178 Å². The second-order valence-corrected chi connectivity index (χ2v) is 6.92. The molecule has 2 fully saturated rings. The fourth-order valence-corrected chi connectivity index (χ4v) is 3.54. The Morgan fingerprint density at radius 1 is 1.26 bits per heavy atom. The van der Waals surface area contributed by atoms with Crippen molar-refractivity contribution in [3.63, 3.8) is 0 Å². The molecule has 3 heterocycles. The van der Waals surface area contributed by atoms with Gasteiger partial charge in [0.25, 0.3) is 5.91 Å². The minimum atomic E-state index is -0.226. The van der Waals surface area contributed by atoms with Gasteiger partial charge < -0.3 is 24.3 Å². The van der Waals surface area contributed by atoms with Gasteiger partial charge in [0.2, 0.25) is 0 Å². The highest BCUT2D eigenvalue weighted by Crippen LogP contribution is 2.17. The van der Waals surface area contributed by atoms with E-state index in [0.29, 0.717) is 26.2 Å². The first-order valence-corrected chi connectivity index (χ1v) is 9.58. The number of amides is 1. The van der Waals surface area contributed by atoms with E-state index < -0.39 is 0 Å². The first-order chi connectivity index (χ1) is 12.6. The molecule has 0 saturated carbocycles. The van der Waals surface area contributed by atoms with E-state index in [2.05, 4.69) is 17.1 Å². The molecule has 7 nitrogen and oxygen atoms in total. The van der Waals surface area contributed by atoms with Crippen LogP contribution in [0.25, 0.3) is 0 Å². The van der Waals surface area contributed by atoms with Crippen molar-refractivity contribution in [2.45, 2.75) is 46.3 Å². The molecule has 1 unspecified atom stereocenters. The van der Waals surface area contributed by atoms with Crippen LogP contribution in [0.15, 0.2) is 15.5 Å². The summed E-state index contributed by atoms with van der Waals surface area (Å²) < 4.78 is 11.1. The van der Waals surface area contributed by atoms with E-state index in [1.54, 1.807) is 0 Å². The lowest BCUT2D eigenvalue weighted by molar-refractivity contribution is -0.142. The molecule has 0 radical (unpaired) electrons. The van der Waals surface area contributed by atoms with Crippen molar-refractivity contribution in [3.05, 3.63) is 23.2 Å². The molecule has 1 N–H and O–H groups in total. The van der Waals surface area contributed by atoms with Crippen LogP contribution in [0, 0.1) is 13.8 Å². The number of aryl methyl sites for hydroxylation is 2. The maximum Gasteiger partial charge on any atom is 0.251 e. The highest BCUT2D eigenvalue weighted by molar-refractivity contribution is 14.0. The molecule has 0 spiro atoms. The third-order valence-electron chi connectivity index (χ3n) is 4.97. The predicted octanol–water partition coefficient (Wildman–Crippen LogP) is 2.30. The molecule has 8 heteroatoms. The van der Waals surface area contributed by atoms with Crippen molar-refractivity contribution in [2.75, 3.05) is 39.3 Å². The summed E-state index contributed by atoms with van der Waals surface area (Å²) in [5.74, 6) is 2.89. The molecule has 1 aromatic rings. The number of ether oxygens (including phenoxy) is 1. The number of aliphatic imine (C=N–C) groups is 1. The smallest absolute Gasteiger partial charge is 0.251 e. The van der Waals surface area contributed by atoms with Crippen molar-refractivity contribution >= 4 is 35.8 Å². The van der Waals surface area contributed by atoms with Gasteiger partial charge in [-0.1, -0.05) is 0 Å². The molecule has 1 atom stereocenters. The Balaban J connectivity index is 0.00000261. The number of hydrogen-bond donors (Lipinski definition) is 1. The lowest BCUT2D eigenvalue weighted by Gasteiger charge is -2.37. The predicted molar refractivity (Wildman–Crippen MR) is 116 cm³/mol. The minimum absolute atomic E-state index is 0. The van der Waals surface area contributed by atoms with Gasteiger partial charge in [-0.15, -0.1) is 24.0 Å². The van der Waals surface area contributed by atoms with E-state index in [9.17, 15) is 4.79 Å². The van der Waals surface area contributed by atoms with Crippen LogP contribution >= 0.6 is 24.0 Å². The number of rotatable bonds is 4. The number of furan rings is 1. The van der Waals surface area contributed by atoms with Crippen molar-refractivity contribution in [3.8, 4) is 0 Å². The molecule has 0 aliphatic carbocycles. The molecule has 152 valence electrons. The third kappa shape index (κ3) is 5.60. The molecule has 0 bridgehead atoms. The maximum atomic E-state index is 12.5. The SMILES string of the molecule is CCNC(=NCc1cc(C)oc1C)N1CCN(C(=O)C2CCCO2)CC1.I. The van der Waals surface area contributed by atoms with E-state index >= 15 is 0 Å². The Kier molecular flexibility index (Phi) is 8.40. The Morgan fingerprint density at radius 2 is 1.96 bits per heavy atom. The van der Waals surface area contributed by atoms with Crippen LogP contribution in [0.2, 0.25) is 0 Å². The molecule has 27 heavy (non-hydrogen) atoms. The van der Waals surface area contributed by atoms with Crippen molar-refractivity contribution < 1.29 is 13.9 Å². The Hall–Kier alpha value is -1.29. The van der Waals surface area contributed by atoms with E-state index in [0.717, 1.165) is 55.5 Å². The number of carbonyl (C=O) groups is 1. The first kappa shape index (κ1) is 22.0. The lowest BCUT2D eigenvalue weighted by atomic mass is 10.2. The second-order valence-electron chi connectivity index (χ2n) is 6.92.